The van der Waals surface area contributed by atoms with E-state index in [0.29, 0.717) is 28.7 Å². The molecule has 2 aromatic carbocycles. The first-order chi connectivity index (χ1) is 13.0. The minimum absolute atomic E-state index is 0.0895. The third-order valence-corrected chi connectivity index (χ3v) is 4.77. The fraction of sp³-hybridized carbons (Fsp3) is 0.200. The average molecular weight is 364 g/mol. The maximum absolute atomic E-state index is 13.0. The van der Waals surface area contributed by atoms with Crippen molar-refractivity contribution in [1.82, 2.24) is 9.97 Å². The van der Waals surface area contributed by atoms with Crippen molar-refractivity contribution in [3.05, 3.63) is 54.1 Å². The molecule has 1 aliphatic heterocycles. The summed E-state index contributed by atoms with van der Waals surface area (Å²) in [5.74, 6) is 1.97. The number of nitrogens with one attached hydrogen (secondary N) is 1. The number of carbonyl (C=O) groups excluding carboxylic acids is 1. The molecular weight excluding hydrogens is 344 g/mol. The number of ether oxygens (including phenoxy) is 2. The quantitative estimate of drug-likeness (QED) is 0.739. The molecule has 0 spiro atoms. The van der Waals surface area contributed by atoms with Crippen LogP contribution in [-0.2, 0) is 4.79 Å². The van der Waals surface area contributed by atoms with Gasteiger partial charge in [-0.25, -0.2) is 4.98 Å². The number of para-hydroxylation sites is 2. The number of methoxy groups -OCH3 is 2. The Labute approximate surface area is 156 Å². The normalized spacial score (nSPS) is 17.1. The highest BCUT2D eigenvalue weighted by Crippen LogP contribution is 2.37. The monoisotopic (exact) mass is 364 g/mol. The SMILES string of the molecule is COc1cc(OC)cc(N2C(N)=C(c3nc4ccccc4[nH]3)C(=O)[C@@H]2C)c1. The van der Waals surface area contributed by atoms with Crippen LogP contribution in [0.3, 0.4) is 0 Å². The molecule has 2 heterocycles. The molecule has 0 bridgehead atoms. The number of fused-ring (bicyclic) bond motifs is 1. The topological polar surface area (TPSA) is 93.5 Å². The number of imidazole rings is 1. The van der Waals surface area contributed by atoms with Crippen molar-refractivity contribution < 1.29 is 14.3 Å². The summed E-state index contributed by atoms with van der Waals surface area (Å²) in [6.45, 7) is 1.82. The zero-order valence-corrected chi connectivity index (χ0v) is 15.3. The number of hydrogen-bond donors (Lipinski definition) is 2. The van der Waals surface area contributed by atoms with Gasteiger partial charge in [0.2, 0.25) is 0 Å². The van der Waals surface area contributed by atoms with E-state index in [0.717, 1.165) is 16.7 Å². The van der Waals surface area contributed by atoms with Crippen molar-refractivity contribution >= 4 is 28.1 Å². The summed E-state index contributed by atoms with van der Waals surface area (Å²) in [6.07, 6.45) is 0. The minimum Gasteiger partial charge on any atom is -0.497 e. The van der Waals surface area contributed by atoms with Crippen LogP contribution in [0.1, 0.15) is 12.7 Å². The number of nitrogens with zero attached hydrogens (tertiary/aromatic N) is 2. The molecule has 1 aromatic heterocycles. The average Bonchev–Trinajstić information content (AvgIpc) is 3.19. The van der Waals surface area contributed by atoms with Crippen molar-refractivity contribution in [2.24, 2.45) is 5.73 Å². The Morgan fingerprint density at radius 1 is 1.11 bits per heavy atom. The highest BCUT2D eigenvalue weighted by molar-refractivity contribution is 6.27. The standard InChI is InChI=1S/C20H20N4O3/c1-11-18(25)17(20-22-15-6-4-5-7-16(15)23-20)19(21)24(11)12-8-13(26-2)10-14(9-12)27-3/h4-11H,21H2,1-3H3,(H,22,23)/t11-/m0/s1. The number of anilines is 1. The highest BCUT2D eigenvalue weighted by Gasteiger charge is 2.38. The molecule has 0 aliphatic carbocycles. The number of Topliss-reactive ketones (excluding diaryl/α,β-unsaturated/α-hetero) is 1. The van der Waals surface area contributed by atoms with Crippen LogP contribution in [0, 0.1) is 0 Å². The van der Waals surface area contributed by atoms with Crippen molar-refractivity contribution in [3.63, 3.8) is 0 Å². The van der Waals surface area contributed by atoms with Gasteiger partial charge in [0.15, 0.2) is 5.78 Å². The molecule has 0 fully saturated rings. The second-order valence-corrected chi connectivity index (χ2v) is 6.34. The first kappa shape index (κ1) is 17.0. The van der Waals surface area contributed by atoms with E-state index in [-0.39, 0.29) is 5.78 Å². The van der Waals surface area contributed by atoms with E-state index in [1.807, 2.05) is 43.3 Å². The van der Waals surface area contributed by atoms with Crippen LogP contribution in [0.2, 0.25) is 0 Å². The molecule has 3 aromatic rings. The van der Waals surface area contributed by atoms with Gasteiger partial charge in [-0.1, -0.05) is 12.1 Å². The molecule has 0 saturated heterocycles. The Hall–Kier alpha value is -3.48. The van der Waals surface area contributed by atoms with Crippen molar-refractivity contribution in [2.45, 2.75) is 13.0 Å². The third kappa shape index (κ3) is 2.68. The molecule has 27 heavy (non-hydrogen) atoms. The molecule has 3 N–H and O–H groups in total. The van der Waals surface area contributed by atoms with Crippen LogP contribution in [0.5, 0.6) is 11.5 Å². The summed E-state index contributed by atoms with van der Waals surface area (Å²) in [5, 5.41) is 0. The van der Waals surface area contributed by atoms with Gasteiger partial charge in [-0.05, 0) is 19.1 Å². The zero-order valence-electron chi connectivity index (χ0n) is 15.3. The molecule has 138 valence electrons. The molecule has 0 amide bonds. The molecule has 0 unspecified atom stereocenters. The van der Waals surface area contributed by atoms with Gasteiger partial charge < -0.3 is 25.1 Å². The fourth-order valence-corrected chi connectivity index (χ4v) is 3.38. The van der Waals surface area contributed by atoms with E-state index in [9.17, 15) is 4.79 Å². The predicted molar refractivity (Wildman–Crippen MR) is 104 cm³/mol. The van der Waals surface area contributed by atoms with Crippen LogP contribution < -0.4 is 20.1 Å². The Kier molecular flexibility index (Phi) is 3.99. The molecule has 1 atom stereocenters. The lowest BCUT2D eigenvalue weighted by atomic mass is 10.1. The maximum Gasteiger partial charge on any atom is 0.192 e. The van der Waals surface area contributed by atoms with Crippen LogP contribution in [0.25, 0.3) is 16.6 Å². The Morgan fingerprint density at radius 2 is 1.78 bits per heavy atom. The van der Waals surface area contributed by atoms with Gasteiger partial charge in [-0.2, -0.15) is 0 Å². The molecule has 7 nitrogen and oxygen atoms in total. The lowest BCUT2D eigenvalue weighted by Crippen LogP contribution is -2.33. The minimum atomic E-state index is -0.468. The number of H-pyrrole nitrogens is 1. The number of aromatic amines is 1. The Balaban J connectivity index is 1.84. The number of aromatic nitrogens is 2. The summed E-state index contributed by atoms with van der Waals surface area (Å²) < 4.78 is 10.7. The summed E-state index contributed by atoms with van der Waals surface area (Å²) in [5.41, 5.74) is 9.17. The summed E-state index contributed by atoms with van der Waals surface area (Å²) in [7, 11) is 3.16. The van der Waals surface area contributed by atoms with E-state index in [4.69, 9.17) is 15.2 Å². The molecule has 4 rings (SSSR count). The zero-order chi connectivity index (χ0) is 19.1. The van der Waals surface area contributed by atoms with Crippen LogP contribution in [-0.4, -0.2) is 36.0 Å². The van der Waals surface area contributed by atoms with Crippen LogP contribution >= 0.6 is 0 Å². The van der Waals surface area contributed by atoms with Gasteiger partial charge in [-0.15, -0.1) is 0 Å². The van der Waals surface area contributed by atoms with E-state index >= 15 is 0 Å². The number of rotatable bonds is 4. The van der Waals surface area contributed by atoms with Crippen molar-refractivity contribution in [2.75, 3.05) is 19.1 Å². The van der Waals surface area contributed by atoms with E-state index < -0.39 is 6.04 Å². The third-order valence-electron chi connectivity index (χ3n) is 4.77. The predicted octanol–water partition coefficient (Wildman–Crippen LogP) is 2.69. The Bertz CT molecular complexity index is 1010. The van der Waals surface area contributed by atoms with Crippen molar-refractivity contribution in [1.29, 1.82) is 0 Å². The van der Waals surface area contributed by atoms with Gasteiger partial charge in [-0.3, -0.25) is 4.79 Å². The molecule has 1 aliphatic rings. The van der Waals surface area contributed by atoms with Gasteiger partial charge in [0.1, 0.15) is 28.7 Å². The molecule has 0 saturated carbocycles. The number of ketones is 1. The lowest BCUT2D eigenvalue weighted by molar-refractivity contribution is -0.114. The van der Waals surface area contributed by atoms with Gasteiger partial charge >= 0.3 is 0 Å². The summed E-state index contributed by atoms with van der Waals surface area (Å²) in [6, 6.07) is 12.6. The van der Waals surface area contributed by atoms with Crippen molar-refractivity contribution in [3.8, 4) is 11.5 Å². The number of nitrogens with two attached hydrogens (primary N) is 1. The van der Waals surface area contributed by atoms with Gasteiger partial charge in [0, 0.05) is 18.2 Å². The smallest absolute Gasteiger partial charge is 0.192 e. The second kappa shape index (κ2) is 6.35. The van der Waals surface area contributed by atoms with Crippen LogP contribution in [0.15, 0.2) is 48.3 Å². The maximum atomic E-state index is 13.0. The van der Waals surface area contributed by atoms with Crippen LogP contribution in [0.4, 0.5) is 5.69 Å². The Morgan fingerprint density at radius 3 is 2.41 bits per heavy atom. The lowest BCUT2D eigenvalue weighted by Gasteiger charge is -2.25. The number of hydrogen-bond acceptors (Lipinski definition) is 6. The van der Waals surface area contributed by atoms with E-state index in [2.05, 4.69) is 9.97 Å². The molecular formula is C20H20N4O3. The molecule has 0 radical (unpaired) electrons. The summed E-state index contributed by atoms with van der Waals surface area (Å²) >= 11 is 0. The molecule has 7 heteroatoms. The highest BCUT2D eigenvalue weighted by atomic mass is 16.5. The van der Waals surface area contributed by atoms with Gasteiger partial charge in [0.25, 0.3) is 0 Å². The first-order valence-corrected chi connectivity index (χ1v) is 8.55. The number of carbonyl (C=O) groups is 1. The number of benzene rings is 2. The van der Waals surface area contributed by atoms with E-state index in [1.165, 1.54) is 0 Å². The second-order valence-electron chi connectivity index (χ2n) is 6.34. The first-order valence-electron chi connectivity index (χ1n) is 8.55. The largest absolute Gasteiger partial charge is 0.497 e. The fourth-order valence-electron chi connectivity index (χ4n) is 3.38. The van der Waals surface area contributed by atoms with E-state index in [1.54, 1.807) is 25.2 Å². The van der Waals surface area contributed by atoms with Gasteiger partial charge in [0.05, 0.1) is 37.0 Å². The summed E-state index contributed by atoms with van der Waals surface area (Å²) in [4.78, 5) is 22.5.